The fourth-order valence-electron chi connectivity index (χ4n) is 2.87. The molecule has 1 heterocycles. The summed E-state index contributed by atoms with van der Waals surface area (Å²) in [6.45, 7) is 2.62. The molecule has 3 rings (SSSR count). The Morgan fingerprint density at radius 2 is 2.19 bits per heavy atom. The molecule has 0 spiro atoms. The van der Waals surface area contributed by atoms with E-state index in [9.17, 15) is 0 Å². The first-order valence-electron chi connectivity index (χ1n) is 7.45. The average molecular weight is 303 g/mol. The molecule has 1 N–H and O–H groups in total. The third-order valence-corrected chi connectivity index (χ3v) is 4.85. The van der Waals surface area contributed by atoms with Gasteiger partial charge in [0, 0.05) is 16.6 Å². The minimum atomic E-state index is 0.405. The highest BCUT2D eigenvalue weighted by molar-refractivity contribution is 7.10. The molecule has 0 aliphatic heterocycles. The lowest BCUT2D eigenvalue weighted by molar-refractivity contribution is 0.311. The van der Waals surface area contributed by atoms with Crippen LogP contribution < -0.4 is 14.8 Å². The van der Waals surface area contributed by atoms with Gasteiger partial charge in [0.1, 0.15) is 0 Å². The zero-order valence-electron chi connectivity index (χ0n) is 12.5. The number of hydrogen-bond donors (Lipinski definition) is 1. The second kappa shape index (κ2) is 6.39. The zero-order chi connectivity index (χ0) is 14.7. The number of aryl methyl sites for hydroxylation is 1. The normalized spacial score (nSPS) is 17.1. The van der Waals surface area contributed by atoms with E-state index in [1.165, 1.54) is 29.7 Å². The Morgan fingerprint density at radius 1 is 1.29 bits per heavy atom. The van der Waals surface area contributed by atoms with Crippen molar-refractivity contribution in [2.45, 2.75) is 32.2 Å². The van der Waals surface area contributed by atoms with Gasteiger partial charge < -0.3 is 14.8 Å². The van der Waals surface area contributed by atoms with E-state index in [-0.39, 0.29) is 0 Å². The summed E-state index contributed by atoms with van der Waals surface area (Å²) in [6.07, 6.45) is 3.65. The average Bonchev–Trinajstić information content (AvgIpc) is 2.98. The van der Waals surface area contributed by atoms with Gasteiger partial charge in [0.25, 0.3) is 0 Å². The summed E-state index contributed by atoms with van der Waals surface area (Å²) in [7, 11) is 1.68. The fourth-order valence-corrected chi connectivity index (χ4v) is 3.86. The summed E-state index contributed by atoms with van der Waals surface area (Å²) in [4.78, 5) is 1.52. The maximum atomic E-state index is 5.57. The van der Waals surface area contributed by atoms with Gasteiger partial charge in [0.2, 0.25) is 0 Å². The van der Waals surface area contributed by atoms with Gasteiger partial charge in [-0.3, -0.25) is 0 Å². The van der Waals surface area contributed by atoms with Crippen LogP contribution in [0.3, 0.4) is 0 Å². The molecule has 3 nitrogen and oxygen atoms in total. The molecule has 2 aromatic rings. The molecule has 21 heavy (non-hydrogen) atoms. The highest BCUT2D eigenvalue weighted by Gasteiger charge is 2.21. The van der Waals surface area contributed by atoms with Gasteiger partial charge in [-0.05, 0) is 55.3 Å². The second-order valence-corrected chi connectivity index (χ2v) is 6.19. The van der Waals surface area contributed by atoms with Crippen LogP contribution in [0.25, 0.3) is 0 Å². The Kier molecular flexibility index (Phi) is 4.34. The smallest absolute Gasteiger partial charge is 0.162 e. The number of nitrogens with one attached hydrogen (secondary N) is 1. The lowest BCUT2D eigenvalue weighted by Crippen LogP contribution is -2.15. The summed E-state index contributed by atoms with van der Waals surface area (Å²) >= 11 is 1.87. The first-order valence-corrected chi connectivity index (χ1v) is 8.33. The third kappa shape index (κ3) is 3.00. The standard InChI is InChI=1S/C17H21NO2S/c1-3-20-15-8-7-12(11-16(15)19-2)18-14-5-4-6-17-13(14)9-10-21-17/h7-11,14,18H,3-6H2,1-2H3. The molecule has 0 saturated heterocycles. The van der Waals surface area contributed by atoms with Crippen LogP contribution in [0.5, 0.6) is 11.5 Å². The van der Waals surface area contributed by atoms with Gasteiger partial charge in [-0.15, -0.1) is 11.3 Å². The molecule has 1 aliphatic rings. The lowest BCUT2D eigenvalue weighted by Gasteiger charge is -2.25. The van der Waals surface area contributed by atoms with Crippen molar-refractivity contribution in [2.75, 3.05) is 19.0 Å². The van der Waals surface area contributed by atoms with E-state index in [4.69, 9.17) is 9.47 Å². The number of anilines is 1. The molecule has 4 heteroatoms. The monoisotopic (exact) mass is 303 g/mol. The molecular formula is C17H21NO2S. The summed E-state index contributed by atoms with van der Waals surface area (Å²) in [5.74, 6) is 1.58. The largest absolute Gasteiger partial charge is 0.493 e. The Bertz CT molecular complexity index is 609. The lowest BCUT2D eigenvalue weighted by atomic mass is 9.94. The highest BCUT2D eigenvalue weighted by atomic mass is 32.1. The van der Waals surface area contributed by atoms with E-state index in [2.05, 4.69) is 22.8 Å². The molecule has 0 bridgehead atoms. The van der Waals surface area contributed by atoms with Gasteiger partial charge in [0.15, 0.2) is 11.5 Å². The molecule has 1 unspecified atom stereocenters. The van der Waals surface area contributed by atoms with E-state index in [0.717, 1.165) is 17.2 Å². The van der Waals surface area contributed by atoms with Crippen molar-refractivity contribution in [3.05, 3.63) is 40.1 Å². The van der Waals surface area contributed by atoms with Gasteiger partial charge >= 0.3 is 0 Å². The number of benzene rings is 1. The fraction of sp³-hybridized carbons (Fsp3) is 0.412. The number of hydrogen-bond acceptors (Lipinski definition) is 4. The maximum absolute atomic E-state index is 5.57. The third-order valence-electron chi connectivity index (χ3n) is 3.86. The van der Waals surface area contributed by atoms with Crippen molar-refractivity contribution in [1.82, 2.24) is 0 Å². The van der Waals surface area contributed by atoms with E-state index in [1.807, 2.05) is 30.4 Å². The number of methoxy groups -OCH3 is 1. The van der Waals surface area contributed by atoms with Crippen LogP contribution in [0.15, 0.2) is 29.6 Å². The van der Waals surface area contributed by atoms with Crippen molar-refractivity contribution >= 4 is 17.0 Å². The SMILES string of the molecule is CCOc1ccc(NC2CCCc3sccc32)cc1OC. The van der Waals surface area contributed by atoms with Crippen molar-refractivity contribution in [2.24, 2.45) is 0 Å². The molecule has 1 aromatic carbocycles. The van der Waals surface area contributed by atoms with Crippen LogP contribution in [0.1, 0.15) is 36.2 Å². The van der Waals surface area contributed by atoms with Crippen molar-refractivity contribution in [3.8, 4) is 11.5 Å². The Balaban J connectivity index is 1.80. The van der Waals surface area contributed by atoms with Crippen LogP contribution in [0.2, 0.25) is 0 Å². The van der Waals surface area contributed by atoms with Crippen LogP contribution in [0.4, 0.5) is 5.69 Å². The molecule has 0 radical (unpaired) electrons. The number of rotatable bonds is 5. The van der Waals surface area contributed by atoms with Gasteiger partial charge in [0.05, 0.1) is 19.8 Å². The Labute approximate surface area is 129 Å². The molecule has 1 atom stereocenters. The summed E-state index contributed by atoms with van der Waals surface area (Å²) < 4.78 is 11.0. The van der Waals surface area contributed by atoms with E-state index < -0.39 is 0 Å². The van der Waals surface area contributed by atoms with E-state index in [1.54, 1.807) is 7.11 Å². The summed E-state index contributed by atoms with van der Waals surface area (Å²) in [5, 5.41) is 5.84. The minimum Gasteiger partial charge on any atom is -0.493 e. The molecule has 0 fully saturated rings. The highest BCUT2D eigenvalue weighted by Crippen LogP contribution is 2.37. The van der Waals surface area contributed by atoms with Crippen molar-refractivity contribution in [1.29, 1.82) is 0 Å². The van der Waals surface area contributed by atoms with Crippen molar-refractivity contribution < 1.29 is 9.47 Å². The van der Waals surface area contributed by atoms with Crippen LogP contribution >= 0.6 is 11.3 Å². The van der Waals surface area contributed by atoms with Crippen LogP contribution in [-0.2, 0) is 6.42 Å². The number of thiophene rings is 1. The topological polar surface area (TPSA) is 30.5 Å². The van der Waals surface area contributed by atoms with Gasteiger partial charge in [-0.25, -0.2) is 0 Å². The molecular weight excluding hydrogens is 282 g/mol. The number of ether oxygens (including phenoxy) is 2. The molecule has 0 saturated carbocycles. The maximum Gasteiger partial charge on any atom is 0.162 e. The predicted octanol–water partition coefficient (Wildman–Crippen LogP) is 4.64. The Morgan fingerprint density at radius 3 is 3.00 bits per heavy atom. The molecule has 0 amide bonds. The summed E-state index contributed by atoms with van der Waals surface area (Å²) in [6, 6.07) is 8.72. The van der Waals surface area contributed by atoms with Crippen molar-refractivity contribution in [3.63, 3.8) is 0 Å². The predicted molar refractivity (Wildman–Crippen MR) is 87.8 cm³/mol. The van der Waals surface area contributed by atoms with E-state index in [0.29, 0.717) is 12.6 Å². The van der Waals surface area contributed by atoms with Gasteiger partial charge in [-0.2, -0.15) is 0 Å². The number of fused-ring (bicyclic) bond motifs is 1. The first kappa shape index (κ1) is 14.3. The summed E-state index contributed by atoms with van der Waals surface area (Å²) in [5.41, 5.74) is 2.54. The first-order chi connectivity index (χ1) is 10.3. The van der Waals surface area contributed by atoms with E-state index >= 15 is 0 Å². The molecule has 1 aromatic heterocycles. The van der Waals surface area contributed by atoms with Crippen LogP contribution in [-0.4, -0.2) is 13.7 Å². The molecule has 112 valence electrons. The van der Waals surface area contributed by atoms with Gasteiger partial charge in [-0.1, -0.05) is 0 Å². The minimum absolute atomic E-state index is 0.405. The Hall–Kier alpha value is -1.68. The quantitative estimate of drug-likeness (QED) is 0.872. The van der Waals surface area contributed by atoms with Crippen LogP contribution in [0, 0.1) is 0 Å². The second-order valence-electron chi connectivity index (χ2n) is 5.19. The molecule has 1 aliphatic carbocycles. The zero-order valence-corrected chi connectivity index (χ0v) is 13.3.